The Bertz CT molecular complexity index is 3080. The Balaban J connectivity index is 0.987. The summed E-state index contributed by atoms with van der Waals surface area (Å²) in [6.45, 7) is 4.68. The molecule has 0 fully saturated rings. The van der Waals surface area contributed by atoms with Crippen LogP contribution in [0.5, 0.6) is 0 Å². The van der Waals surface area contributed by atoms with Gasteiger partial charge in [-0.2, -0.15) is 0 Å². The van der Waals surface area contributed by atoms with Gasteiger partial charge in [0.15, 0.2) is 5.58 Å². The maximum absolute atomic E-state index is 6.46. The number of furan rings is 1. The summed E-state index contributed by atoms with van der Waals surface area (Å²) in [5, 5.41) is 2.06. The number of oxazole rings is 1. The van der Waals surface area contributed by atoms with Crippen LogP contribution in [0.2, 0.25) is 0 Å². The molecule has 8 aromatic carbocycles. The van der Waals surface area contributed by atoms with Crippen molar-refractivity contribution in [3.63, 3.8) is 0 Å². The molecular weight excluding hydrogens is 685 g/mol. The zero-order valence-corrected chi connectivity index (χ0v) is 31.0. The first-order chi connectivity index (χ1) is 27.5. The highest BCUT2D eigenvalue weighted by Crippen LogP contribution is 2.54. The van der Waals surface area contributed by atoms with Crippen LogP contribution in [0.3, 0.4) is 0 Å². The summed E-state index contributed by atoms with van der Waals surface area (Å²) in [4.78, 5) is 7.17. The van der Waals surface area contributed by atoms with Crippen molar-refractivity contribution in [3.05, 3.63) is 193 Å². The monoisotopic (exact) mass is 720 g/mol. The maximum atomic E-state index is 6.46. The molecule has 0 saturated carbocycles. The van der Waals surface area contributed by atoms with Crippen LogP contribution in [0.4, 0.5) is 17.1 Å². The lowest BCUT2D eigenvalue weighted by atomic mass is 9.82. The number of hydrogen-bond acceptors (Lipinski definition) is 4. The van der Waals surface area contributed by atoms with E-state index in [0.29, 0.717) is 5.89 Å². The van der Waals surface area contributed by atoms with Gasteiger partial charge in [0, 0.05) is 44.8 Å². The molecule has 0 amide bonds. The van der Waals surface area contributed by atoms with E-state index in [0.717, 1.165) is 61.1 Å². The van der Waals surface area contributed by atoms with Crippen LogP contribution in [-0.2, 0) is 5.41 Å². The third-order valence-corrected chi connectivity index (χ3v) is 11.5. The first kappa shape index (κ1) is 32.3. The molecule has 4 heteroatoms. The Labute approximate surface area is 324 Å². The van der Waals surface area contributed by atoms with Crippen LogP contribution in [0.15, 0.2) is 191 Å². The van der Waals surface area contributed by atoms with Gasteiger partial charge in [-0.15, -0.1) is 0 Å². The predicted molar refractivity (Wildman–Crippen MR) is 230 cm³/mol. The number of nitrogens with zero attached hydrogens (tertiary/aromatic N) is 2. The average molecular weight is 721 g/mol. The molecule has 0 radical (unpaired) electrons. The van der Waals surface area contributed by atoms with Crippen molar-refractivity contribution in [2.45, 2.75) is 19.3 Å². The van der Waals surface area contributed by atoms with Gasteiger partial charge in [0.1, 0.15) is 16.7 Å². The van der Waals surface area contributed by atoms with Crippen molar-refractivity contribution in [2.75, 3.05) is 4.90 Å². The highest BCUT2D eigenvalue weighted by Gasteiger charge is 2.37. The molecule has 0 spiro atoms. The molecule has 0 saturated heterocycles. The Kier molecular flexibility index (Phi) is 7.17. The van der Waals surface area contributed by atoms with Gasteiger partial charge in [0.05, 0.1) is 5.69 Å². The van der Waals surface area contributed by atoms with E-state index in [9.17, 15) is 0 Å². The summed E-state index contributed by atoms with van der Waals surface area (Å²) in [6, 6.07) is 64.5. The SMILES string of the molecule is CC1(C)c2ccccc2-c2c(N(c3ccc(-c4ccccc4)cc3)c3ccc(-c4ccc5c(c4)oc4cc6nc(-c7ccccc7)oc6cc45)cc3)cccc21. The van der Waals surface area contributed by atoms with Crippen molar-refractivity contribution >= 4 is 50.1 Å². The summed E-state index contributed by atoms with van der Waals surface area (Å²) in [7, 11) is 0. The van der Waals surface area contributed by atoms with Gasteiger partial charge in [-0.3, -0.25) is 0 Å². The summed E-state index contributed by atoms with van der Waals surface area (Å²) in [6.07, 6.45) is 0. The van der Waals surface area contributed by atoms with E-state index < -0.39 is 0 Å². The van der Waals surface area contributed by atoms with Gasteiger partial charge in [-0.05, 0) is 99.6 Å². The molecule has 11 rings (SSSR count). The first-order valence-corrected chi connectivity index (χ1v) is 19.1. The van der Waals surface area contributed by atoms with Crippen molar-refractivity contribution < 1.29 is 8.83 Å². The Hall–Kier alpha value is -7.17. The van der Waals surface area contributed by atoms with Gasteiger partial charge >= 0.3 is 0 Å². The Morgan fingerprint density at radius 2 is 1.04 bits per heavy atom. The molecular formula is C52H36N2O2. The van der Waals surface area contributed by atoms with Gasteiger partial charge in [0.2, 0.25) is 5.89 Å². The fourth-order valence-corrected chi connectivity index (χ4v) is 8.67. The summed E-state index contributed by atoms with van der Waals surface area (Å²) >= 11 is 0. The molecule has 10 aromatic rings. The van der Waals surface area contributed by atoms with Gasteiger partial charge in [0.25, 0.3) is 0 Å². The number of rotatable bonds is 6. The van der Waals surface area contributed by atoms with Crippen molar-refractivity contribution in [1.29, 1.82) is 0 Å². The predicted octanol–water partition coefficient (Wildman–Crippen LogP) is 14.5. The molecule has 0 N–H and O–H groups in total. The third-order valence-electron chi connectivity index (χ3n) is 11.5. The first-order valence-electron chi connectivity index (χ1n) is 19.1. The van der Waals surface area contributed by atoms with Crippen molar-refractivity contribution in [2.24, 2.45) is 0 Å². The number of anilines is 3. The highest BCUT2D eigenvalue weighted by atomic mass is 16.4. The van der Waals surface area contributed by atoms with E-state index in [-0.39, 0.29) is 5.41 Å². The van der Waals surface area contributed by atoms with Crippen LogP contribution >= 0.6 is 0 Å². The lowest BCUT2D eigenvalue weighted by molar-refractivity contribution is 0.620. The molecule has 0 unspecified atom stereocenters. The topological polar surface area (TPSA) is 42.4 Å². The maximum Gasteiger partial charge on any atom is 0.227 e. The molecule has 0 aliphatic heterocycles. The second-order valence-electron chi connectivity index (χ2n) is 15.2. The van der Waals surface area contributed by atoms with Crippen LogP contribution in [0.25, 0.3) is 77.9 Å². The summed E-state index contributed by atoms with van der Waals surface area (Å²) in [5.74, 6) is 0.608. The molecule has 56 heavy (non-hydrogen) atoms. The number of fused-ring (bicyclic) bond motifs is 7. The minimum Gasteiger partial charge on any atom is -0.456 e. The molecule has 4 nitrogen and oxygen atoms in total. The van der Waals surface area contributed by atoms with E-state index in [1.165, 1.54) is 39.1 Å². The summed E-state index contributed by atoms with van der Waals surface area (Å²) < 4.78 is 12.6. The molecule has 0 atom stereocenters. The Morgan fingerprint density at radius 1 is 0.446 bits per heavy atom. The zero-order chi connectivity index (χ0) is 37.4. The van der Waals surface area contributed by atoms with E-state index in [1.54, 1.807) is 0 Å². The molecule has 1 aliphatic carbocycles. The van der Waals surface area contributed by atoms with Crippen molar-refractivity contribution in [3.8, 4) is 44.8 Å². The quantitative estimate of drug-likeness (QED) is 0.171. The fraction of sp³-hybridized carbons (Fsp3) is 0.0577. The van der Waals surface area contributed by atoms with Crippen LogP contribution in [-0.4, -0.2) is 4.98 Å². The number of benzene rings is 8. The minimum atomic E-state index is -0.102. The lowest BCUT2D eigenvalue weighted by Gasteiger charge is -2.29. The second-order valence-corrected chi connectivity index (χ2v) is 15.2. The smallest absolute Gasteiger partial charge is 0.227 e. The zero-order valence-electron chi connectivity index (χ0n) is 31.0. The van der Waals surface area contributed by atoms with Gasteiger partial charge in [-0.1, -0.05) is 129 Å². The highest BCUT2D eigenvalue weighted by molar-refractivity contribution is 6.09. The van der Waals surface area contributed by atoms with Crippen molar-refractivity contribution in [1.82, 2.24) is 4.98 Å². The van der Waals surface area contributed by atoms with E-state index >= 15 is 0 Å². The third kappa shape index (κ3) is 5.10. The van der Waals surface area contributed by atoms with Crippen LogP contribution < -0.4 is 4.90 Å². The van der Waals surface area contributed by atoms with Gasteiger partial charge < -0.3 is 13.7 Å². The second kappa shape index (κ2) is 12.4. The standard InChI is InChI=1S/C52H36N2O2/c1-52(2)43-17-10-9-16-41(43)50-44(52)18-11-19-46(50)54(38-25-20-34(21-26-38)33-12-5-3-6-13-33)39-27-22-35(23-28-39)37-24-29-40-42-31-49-45(32-48(42)55-47(40)30-37)53-51(56-49)36-14-7-4-8-15-36/h3-32H,1-2H3. The fourth-order valence-electron chi connectivity index (χ4n) is 8.67. The minimum absolute atomic E-state index is 0.102. The number of aromatic nitrogens is 1. The van der Waals surface area contributed by atoms with E-state index in [2.05, 4.69) is 158 Å². The summed E-state index contributed by atoms with van der Waals surface area (Å²) in [5.41, 5.74) is 17.3. The van der Waals surface area contributed by atoms with E-state index in [4.69, 9.17) is 13.8 Å². The molecule has 266 valence electrons. The average Bonchev–Trinajstić information content (AvgIpc) is 3.90. The molecule has 0 bridgehead atoms. The molecule has 2 aromatic heterocycles. The van der Waals surface area contributed by atoms with Crippen LogP contribution in [0.1, 0.15) is 25.0 Å². The van der Waals surface area contributed by atoms with E-state index in [1.807, 2.05) is 42.5 Å². The van der Waals surface area contributed by atoms with Gasteiger partial charge in [-0.25, -0.2) is 4.98 Å². The lowest BCUT2D eigenvalue weighted by Crippen LogP contribution is -2.16. The largest absolute Gasteiger partial charge is 0.456 e. The number of hydrogen-bond donors (Lipinski definition) is 0. The Morgan fingerprint density at radius 3 is 1.77 bits per heavy atom. The molecule has 2 heterocycles. The van der Waals surface area contributed by atoms with Crippen LogP contribution in [0, 0.1) is 0 Å². The normalized spacial score (nSPS) is 13.0. The molecule has 1 aliphatic rings.